The number of hydrogen-bond donors (Lipinski definition) is 1. The molecule has 26 heavy (non-hydrogen) atoms. The van der Waals surface area contributed by atoms with Crippen molar-refractivity contribution in [3.05, 3.63) is 49.4 Å². The Morgan fingerprint density at radius 3 is 2.69 bits per heavy atom. The van der Waals surface area contributed by atoms with E-state index in [0.29, 0.717) is 27.4 Å². The molecule has 3 rings (SSSR count). The zero-order chi connectivity index (χ0) is 18.7. The summed E-state index contributed by atoms with van der Waals surface area (Å²) in [6.07, 6.45) is 0. The average molecular weight is 430 g/mol. The normalized spacial score (nSPS) is 10.7. The second-order valence-corrected chi connectivity index (χ2v) is 7.94. The van der Waals surface area contributed by atoms with Gasteiger partial charge < -0.3 is 14.8 Å². The summed E-state index contributed by atoms with van der Waals surface area (Å²) in [4.78, 5) is 25.3. The van der Waals surface area contributed by atoms with Crippen LogP contribution in [0.5, 0.6) is 5.75 Å². The topological polar surface area (TPSA) is 64.6 Å². The zero-order valence-electron chi connectivity index (χ0n) is 13.5. The van der Waals surface area contributed by atoms with Crippen molar-refractivity contribution in [1.29, 1.82) is 0 Å². The molecule has 0 unspecified atom stereocenters. The molecule has 2 aromatic heterocycles. The highest BCUT2D eigenvalue weighted by Gasteiger charge is 2.22. The minimum atomic E-state index is -0.669. The third kappa shape index (κ3) is 3.96. The molecular formula is C17H13Cl2NO4S2. The molecule has 1 N–H and O–H groups in total. The Hall–Kier alpha value is -1.80. The third-order valence-corrected chi connectivity index (χ3v) is 6.55. The number of esters is 1. The van der Waals surface area contributed by atoms with Crippen LogP contribution >= 0.6 is 45.9 Å². The van der Waals surface area contributed by atoms with E-state index in [-0.39, 0.29) is 22.4 Å². The molecule has 0 fully saturated rings. The van der Waals surface area contributed by atoms with Gasteiger partial charge in [0.05, 0.1) is 23.4 Å². The fourth-order valence-corrected chi connectivity index (χ4v) is 4.64. The largest absolute Gasteiger partial charge is 0.495 e. The SMILES string of the molecule is COc1ccc2c(Cl)c(C(=O)OCC(=O)NCc3cccs3)sc2c1Cl. The molecule has 0 radical (unpaired) electrons. The first-order chi connectivity index (χ1) is 12.5. The first kappa shape index (κ1) is 19.0. The molecule has 0 spiro atoms. The molecule has 0 saturated heterocycles. The van der Waals surface area contributed by atoms with Crippen LogP contribution in [0.2, 0.25) is 10.0 Å². The van der Waals surface area contributed by atoms with Gasteiger partial charge in [0.25, 0.3) is 5.91 Å². The van der Waals surface area contributed by atoms with Gasteiger partial charge in [-0.15, -0.1) is 22.7 Å². The fourth-order valence-electron chi connectivity index (χ4n) is 2.22. The number of thiophene rings is 2. The smallest absolute Gasteiger partial charge is 0.350 e. The van der Waals surface area contributed by atoms with Gasteiger partial charge in [-0.05, 0) is 23.6 Å². The van der Waals surface area contributed by atoms with E-state index in [1.165, 1.54) is 18.4 Å². The second kappa shape index (κ2) is 8.26. The van der Waals surface area contributed by atoms with Crippen molar-refractivity contribution in [2.75, 3.05) is 13.7 Å². The molecule has 1 amide bonds. The van der Waals surface area contributed by atoms with Gasteiger partial charge in [-0.1, -0.05) is 29.3 Å². The van der Waals surface area contributed by atoms with E-state index < -0.39 is 5.97 Å². The van der Waals surface area contributed by atoms with Crippen molar-refractivity contribution in [1.82, 2.24) is 5.32 Å². The number of halogens is 2. The van der Waals surface area contributed by atoms with Gasteiger partial charge in [0.15, 0.2) is 6.61 Å². The maximum atomic E-state index is 12.3. The van der Waals surface area contributed by atoms with Gasteiger partial charge in [0, 0.05) is 10.3 Å². The number of carbonyl (C=O) groups excluding carboxylic acids is 2. The van der Waals surface area contributed by atoms with Crippen LogP contribution in [0.15, 0.2) is 29.6 Å². The van der Waals surface area contributed by atoms with Crippen LogP contribution in [0.1, 0.15) is 14.5 Å². The molecule has 9 heteroatoms. The van der Waals surface area contributed by atoms with E-state index in [1.807, 2.05) is 17.5 Å². The van der Waals surface area contributed by atoms with Gasteiger partial charge in [-0.3, -0.25) is 4.79 Å². The van der Waals surface area contributed by atoms with E-state index in [9.17, 15) is 9.59 Å². The predicted octanol–water partition coefficient (Wildman–Crippen LogP) is 4.75. The lowest BCUT2D eigenvalue weighted by atomic mass is 10.2. The van der Waals surface area contributed by atoms with Crippen LogP contribution < -0.4 is 10.1 Å². The quantitative estimate of drug-likeness (QED) is 0.574. The molecule has 0 bridgehead atoms. The standard InChI is InChI=1S/C17H13Cl2NO4S2/c1-23-11-5-4-10-13(18)16(26-15(10)14(11)19)17(22)24-8-12(21)20-7-9-3-2-6-25-9/h2-6H,7-8H2,1H3,(H,20,21). The third-order valence-electron chi connectivity index (χ3n) is 3.48. The molecule has 0 aliphatic rings. The van der Waals surface area contributed by atoms with Crippen molar-refractivity contribution in [3.63, 3.8) is 0 Å². The van der Waals surface area contributed by atoms with Gasteiger partial charge >= 0.3 is 5.97 Å². The molecule has 1 aromatic carbocycles. The summed E-state index contributed by atoms with van der Waals surface area (Å²) in [6.45, 7) is 0.0128. The average Bonchev–Trinajstić information content (AvgIpc) is 3.27. The van der Waals surface area contributed by atoms with Crippen LogP contribution in [-0.4, -0.2) is 25.6 Å². The highest BCUT2D eigenvalue weighted by atomic mass is 35.5. The van der Waals surface area contributed by atoms with E-state index in [2.05, 4.69) is 5.32 Å². The lowest BCUT2D eigenvalue weighted by Crippen LogP contribution is -2.28. The van der Waals surface area contributed by atoms with Crippen LogP contribution in [0.25, 0.3) is 10.1 Å². The Kier molecular flexibility index (Phi) is 6.03. The summed E-state index contributed by atoms with van der Waals surface area (Å²) in [5, 5.41) is 5.87. The Morgan fingerprint density at radius 2 is 2.00 bits per heavy atom. The first-order valence-corrected chi connectivity index (χ1v) is 9.87. The summed E-state index contributed by atoms with van der Waals surface area (Å²) in [5.74, 6) is -0.564. The fraction of sp³-hybridized carbons (Fsp3) is 0.176. The predicted molar refractivity (Wildman–Crippen MR) is 105 cm³/mol. The Bertz CT molecular complexity index is 953. The van der Waals surface area contributed by atoms with E-state index in [1.54, 1.807) is 12.1 Å². The Morgan fingerprint density at radius 1 is 1.19 bits per heavy atom. The Balaban J connectivity index is 1.67. The summed E-state index contributed by atoms with van der Waals surface area (Å²) in [7, 11) is 1.51. The van der Waals surface area contributed by atoms with Gasteiger partial charge in [0.2, 0.25) is 0 Å². The summed E-state index contributed by atoms with van der Waals surface area (Å²) in [6, 6.07) is 7.21. The number of carbonyl (C=O) groups is 2. The molecule has 3 aromatic rings. The second-order valence-electron chi connectivity index (χ2n) is 5.14. The first-order valence-electron chi connectivity index (χ1n) is 7.42. The van der Waals surface area contributed by atoms with Crippen molar-refractivity contribution >= 4 is 67.8 Å². The molecular weight excluding hydrogens is 417 g/mol. The lowest BCUT2D eigenvalue weighted by Gasteiger charge is -2.05. The highest BCUT2D eigenvalue weighted by Crippen LogP contribution is 2.43. The monoisotopic (exact) mass is 429 g/mol. The van der Waals surface area contributed by atoms with Gasteiger partial charge in [0.1, 0.15) is 15.6 Å². The molecule has 0 atom stereocenters. The van der Waals surface area contributed by atoms with Crippen molar-refractivity contribution < 1.29 is 19.1 Å². The molecule has 0 aliphatic heterocycles. The zero-order valence-corrected chi connectivity index (χ0v) is 16.7. The number of nitrogens with one attached hydrogen (secondary N) is 1. The number of benzene rings is 1. The van der Waals surface area contributed by atoms with Crippen LogP contribution in [0, 0.1) is 0 Å². The highest BCUT2D eigenvalue weighted by molar-refractivity contribution is 7.22. The maximum Gasteiger partial charge on any atom is 0.350 e. The van der Waals surface area contributed by atoms with Crippen molar-refractivity contribution in [2.24, 2.45) is 0 Å². The number of ether oxygens (including phenoxy) is 2. The minimum absolute atomic E-state index is 0.197. The van der Waals surface area contributed by atoms with Crippen LogP contribution in [-0.2, 0) is 16.1 Å². The number of hydrogen-bond acceptors (Lipinski definition) is 6. The number of rotatable bonds is 6. The van der Waals surface area contributed by atoms with Gasteiger partial charge in [-0.2, -0.15) is 0 Å². The number of amides is 1. The molecule has 5 nitrogen and oxygen atoms in total. The van der Waals surface area contributed by atoms with Crippen LogP contribution in [0.4, 0.5) is 0 Å². The minimum Gasteiger partial charge on any atom is -0.495 e. The van der Waals surface area contributed by atoms with Crippen LogP contribution in [0.3, 0.4) is 0 Å². The van der Waals surface area contributed by atoms with Crippen molar-refractivity contribution in [2.45, 2.75) is 6.54 Å². The molecule has 2 heterocycles. The van der Waals surface area contributed by atoms with Crippen molar-refractivity contribution in [3.8, 4) is 5.75 Å². The lowest BCUT2D eigenvalue weighted by molar-refractivity contribution is -0.124. The molecule has 0 saturated carbocycles. The summed E-state index contributed by atoms with van der Waals surface area (Å²) < 4.78 is 10.9. The molecule has 136 valence electrons. The van der Waals surface area contributed by atoms with Gasteiger partial charge in [-0.25, -0.2) is 4.79 Å². The van der Waals surface area contributed by atoms with E-state index in [0.717, 1.165) is 16.2 Å². The Labute approximate surface area is 167 Å². The van der Waals surface area contributed by atoms with E-state index in [4.69, 9.17) is 32.7 Å². The maximum absolute atomic E-state index is 12.3. The summed E-state index contributed by atoms with van der Waals surface area (Å²) in [5.41, 5.74) is 0. The summed E-state index contributed by atoms with van der Waals surface area (Å²) >= 11 is 15.2. The van der Waals surface area contributed by atoms with E-state index >= 15 is 0 Å². The number of fused-ring (bicyclic) bond motifs is 1. The number of methoxy groups -OCH3 is 1. The molecule has 0 aliphatic carbocycles.